The van der Waals surface area contributed by atoms with Gasteiger partial charge in [-0.1, -0.05) is 28.8 Å². The number of ether oxygens (including phenoxy) is 2. The number of halogens is 3. The van der Waals surface area contributed by atoms with Gasteiger partial charge in [0.25, 0.3) is 0 Å². The molecule has 196 valence electrons. The standard InChI is InChI=1S/C15H18ClN3O.C6H4Cl.C6H10O2.ClH.Mg/c16-13-3-1-2-12(8-13)15(11-4-6-20-7-5-11)19-10-14(17)9-18-19;7-6-4-2-1-3-5-6;7-5-6-1-3-8-4-2-6;;/h1-3,8-11,15H,4-7,17H2;1-2,4-5H;5-6H,1-4H2;1H;/q;-1;;;+2/p-1. The van der Waals surface area contributed by atoms with Crippen molar-refractivity contribution in [2.24, 2.45) is 11.8 Å². The Kier molecular flexibility index (Phi) is 17.2. The maximum atomic E-state index is 10.1. The van der Waals surface area contributed by atoms with Crippen molar-refractivity contribution in [1.29, 1.82) is 0 Å². The molecule has 0 amide bonds. The number of aromatic nitrogens is 2. The fraction of sp³-hybridized carbons (Fsp3) is 0.407. The average molecular weight is 577 g/mol. The minimum absolute atomic E-state index is 0. The number of rotatable bonds is 4. The van der Waals surface area contributed by atoms with Crippen LogP contribution in [0, 0.1) is 17.9 Å². The summed E-state index contributed by atoms with van der Waals surface area (Å²) in [5.74, 6) is 0.769. The van der Waals surface area contributed by atoms with Crippen LogP contribution >= 0.6 is 23.2 Å². The van der Waals surface area contributed by atoms with Crippen LogP contribution in [-0.4, -0.2) is 65.5 Å². The third-order valence-electron chi connectivity index (χ3n) is 5.94. The van der Waals surface area contributed by atoms with Gasteiger partial charge in [-0.05, 0) is 49.3 Å². The molecule has 0 saturated carbocycles. The molecule has 2 N–H and O–H groups in total. The van der Waals surface area contributed by atoms with Gasteiger partial charge in [-0.2, -0.15) is 47.0 Å². The van der Waals surface area contributed by atoms with Gasteiger partial charge >= 0.3 is 23.1 Å². The number of nitrogen functional groups attached to an aromatic ring is 1. The van der Waals surface area contributed by atoms with E-state index in [2.05, 4.69) is 17.2 Å². The van der Waals surface area contributed by atoms with Gasteiger partial charge in [0.05, 0.1) is 17.9 Å². The Morgan fingerprint density at radius 2 is 1.68 bits per heavy atom. The van der Waals surface area contributed by atoms with Crippen molar-refractivity contribution in [3.05, 3.63) is 82.6 Å². The zero-order valence-electron chi connectivity index (χ0n) is 20.8. The molecule has 5 rings (SSSR count). The fourth-order valence-electron chi connectivity index (χ4n) is 4.09. The summed E-state index contributed by atoms with van der Waals surface area (Å²) in [6.07, 6.45) is 8.50. The van der Waals surface area contributed by atoms with Gasteiger partial charge in [0.2, 0.25) is 0 Å². The van der Waals surface area contributed by atoms with E-state index in [1.165, 1.54) is 5.56 Å². The monoisotopic (exact) mass is 575 g/mol. The second kappa shape index (κ2) is 18.8. The van der Waals surface area contributed by atoms with E-state index in [4.69, 9.17) is 38.4 Å². The molecule has 0 spiro atoms. The molecule has 1 aromatic heterocycles. The second-order valence-corrected chi connectivity index (χ2v) is 9.38. The topological polar surface area (TPSA) is 79.4 Å². The maximum absolute atomic E-state index is 10.1. The van der Waals surface area contributed by atoms with Crippen LogP contribution in [0.3, 0.4) is 0 Å². The summed E-state index contributed by atoms with van der Waals surface area (Å²) >= 11 is 11.6. The van der Waals surface area contributed by atoms with E-state index in [1.54, 1.807) is 12.3 Å². The summed E-state index contributed by atoms with van der Waals surface area (Å²) in [7, 11) is 0. The van der Waals surface area contributed by atoms with Crippen molar-refractivity contribution in [1.82, 2.24) is 9.78 Å². The number of carbonyl (C=O) groups is 1. The third kappa shape index (κ3) is 11.9. The van der Waals surface area contributed by atoms with Crippen molar-refractivity contribution < 1.29 is 26.7 Å². The van der Waals surface area contributed by atoms with Crippen LogP contribution in [0.25, 0.3) is 0 Å². The molecule has 1 unspecified atom stereocenters. The molecule has 10 heteroatoms. The van der Waals surface area contributed by atoms with E-state index < -0.39 is 0 Å². The number of nitrogens with zero attached hydrogens (tertiary/aromatic N) is 2. The van der Waals surface area contributed by atoms with Crippen molar-refractivity contribution in [3.63, 3.8) is 0 Å². The molecule has 1 atom stereocenters. The summed E-state index contributed by atoms with van der Waals surface area (Å²) in [4.78, 5) is 10.1. The van der Waals surface area contributed by atoms with E-state index in [-0.39, 0.29) is 47.4 Å². The first kappa shape index (κ1) is 33.7. The molecule has 2 saturated heterocycles. The van der Waals surface area contributed by atoms with Crippen LogP contribution in [0.15, 0.2) is 60.9 Å². The van der Waals surface area contributed by atoms with Crippen LogP contribution in [0.4, 0.5) is 5.69 Å². The Labute approximate surface area is 251 Å². The molecule has 0 radical (unpaired) electrons. The minimum Gasteiger partial charge on any atom is -1.00 e. The van der Waals surface area contributed by atoms with Gasteiger partial charge in [-0.15, -0.1) is 0 Å². The van der Waals surface area contributed by atoms with E-state index in [0.29, 0.717) is 11.6 Å². The first-order valence-corrected chi connectivity index (χ1v) is 12.6. The zero-order valence-corrected chi connectivity index (χ0v) is 24.5. The molecule has 0 bridgehead atoms. The van der Waals surface area contributed by atoms with Crippen LogP contribution in [0.2, 0.25) is 10.0 Å². The minimum atomic E-state index is 0. The molecule has 0 aliphatic carbocycles. The van der Waals surface area contributed by atoms with Crippen molar-refractivity contribution in [3.8, 4) is 0 Å². The Morgan fingerprint density at radius 1 is 1.03 bits per heavy atom. The number of carbonyl (C=O) groups excluding carboxylic acids is 1. The normalized spacial score (nSPS) is 16.4. The van der Waals surface area contributed by atoms with Crippen molar-refractivity contribution in [2.45, 2.75) is 31.7 Å². The Morgan fingerprint density at radius 3 is 2.14 bits per heavy atom. The molecule has 2 aromatic carbocycles. The Balaban J connectivity index is 0.000000334. The number of benzene rings is 2. The Bertz CT molecular complexity index is 1010. The molecule has 2 fully saturated rings. The number of nitrogens with two attached hydrogens (primary N) is 1. The maximum Gasteiger partial charge on any atom is 2.00 e. The molecule has 3 aromatic rings. The molecule has 6 nitrogen and oxygen atoms in total. The Hall–Kier alpha value is -1.32. The SMILES string of the molecule is Clc1c[c-]ccc1.Nc1cnn(C(c2cccc(Cl)c2)C2CCOCC2)c1.O=CC1CCOCC1.[Cl-].[Mg+2]. The molecule has 3 heterocycles. The number of hydrogen-bond acceptors (Lipinski definition) is 5. The number of anilines is 1. The summed E-state index contributed by atoms with van der Waals surface area (Å²) in [6, 6.07) is 18.2. The first-order chi connectivity index (χ1) is 17.1. The van der Waals surface area contributed by atoms with Crippen LogP contribution in [-0.2, 0) is 14.3 Å². The summed E-state index contributed by atoms with van der Waals surface area (Å²) < 4.78 is 12.5. The predicted molar refractivity (Wildman–Crippen MR) is 145 cm³/mol. The molecular formula is C27H32Cl3MgN3O3. The predicted octanol–water partition coefficient (Wildman–Crippen LogP) is 2.51. The van der Waals surface area contributed by atoms with E-state index in [1.807, 2.05) is 47.3 Å². The van der Waals surface area contributed by atoms with E-state index in [0.717, 1.165) is 68.4 Å². The van der Waals surface area contributed by atoms with Crippen LogP contribution in [0.1, 0.15) is 37.3 Å². The smallest absolute Gasteiger partial charge is 1.00 e. The van der Waals surface area contributed by atoms with Gasteiger partial charge in [-0.3, -0.25) is 4.68 Å². The molecule has 2 aliphatic rings. The molecular weight excluding hydrogens is 545 g/mol. The van der Waals surface area contributed by atoms with Gasteiger partial charge in [0, 0.05) is 43.6 Å². The van der Waals surface area contributed by atoms with Gasteiger partial charge in [0.1, 0.15) is 6.29 Å². The van der Waals surface area contributed by atoms with Crippen LogP contribution < -0.4 is 18.1 Å². The van der Waals surface area contributed by atoms with Gasteiger partial charge in [0.15, 0.2) is 0 Å². The number of hydrogen-bond donors (Lipinski definition) is 1. The quantitative estimate of drug-likeness (QED) is 0.293. The summed E-state index contributed by atoms with van der Waals surface area (Å²) in [6.45, 7) is 3.14. The fourth-order valence-corrected chi connectivity index (χ4v) is 4.43. The van der Waals surface area contributed by atoms with Crippen molar-refractivity contribution >= 4 is 58.2 Å². The second-order valence-electron chi connectivity index (χ2n) is 8.51. The average Bonchev–Trinajstić information content (AvgIpc) is 3.32. The van der Waals surface area contributed by atoms with Gasteiger partial charge < -0.3 is 32.4 Å². The zero-order chi connectivity index (χ0) is 24.9. The first-order valence-electron chi connectivity index (χ1n) is 11.8. The third-order valence-corrected chi connectivity index (χ3v) is 6.41. The van der Waals surface area contributed by atoms with Crippen molar-refractivity contribution in [2.75, 3.05) is 32.2 Å². The summed E-state index contributed by atoms with van der Waals surface area (Å²) in [5.41, 5.74) is 7.68. The van der Waals surface area contributed by atoms with Gasteiger partial charge in [-0.25, -0.2) is 0 Å². The largest absolute Gasteiger partial charge is 2.00 e. The summed E-state index contributed by atoms with van der Waals surface area (Å²) in [5, 5.41) is 5.89. The van der Waals surface area contributed by atoms with E-state index in [9.17, 15) is 4.79 Å². The molecule has 2 aliphatic heterocycles. The number of aldehydes is 1. The van der Waals surface area contributed by atoms with E-state index >= 15 is 0 Å². The van der Waals surface area contributed by atoms with Crippen LogP contribution in [0.5, 0.6) is 0 Å². The molecule has 37 heavy (non-hydrogen) atoms.